The molecule has 1 fully saturated rings. The van der Waals surface area contributed by atoms with Crippen LogP contribution in [0.2, 0.25) is 0 Å². The lowest BCUT2D eigenvalue weighted by Gasteiger charge is -2.32. The van der Waals surface area contributed by atoms with Gasteiger partial charge in [-0.25, -0.2) is 4.79 Å². The van der Waals surface area contributed by atoms with Crippen molar-refractivity contribution in [3.05, 3.63) is 0 Å². The molecule has 0 radical (unpaired) electrons. The number of hydrogen-bond donors (Lipinski definition) is 4. The summed E-state index contributed by atoms with van der Waals surface area (Å²) in [6, 6.07) is -2.44. The summed E-state index contributed by atoms with van der Waals surface area (Å²) in [4.78, 5) is 10.4. The molecule has 0 aromatic rings. The minimum atomic E-state index is -4.47. The zero-order chi connectivity index (χ0) is 13.8. The number of alkyl halides is 3. The molecule has 1 rings (SSSR count). The average Bonchev–Trinajstić information content (AvgIpc) is 2.25. The first-order valence-corrected chi connectivity index (χ1v) is 5.76. The highest BCUT2D eigenvalue weighted by atomic mass is 19.4. The van der Waals surface area contributed by atoms with Crippen LogP contribution in [0.3, 0.4) is 0 Å². The summed E-state index contributed by atoms with van der Waals surface area (Å²) in [5.41, 5.74) is 0. The molecule has 1 amide bonds. The molecule has 1 aliphatic rings. The second-order valence-electron chi connectivity index (χ2n) is 4.44. The van der Waals surface area contributed by atoms with E-state index in [2.05, 4.69) is 10.6 Å². The Bertz CT molecular complexity index is 278. The van der Waals surface area contributed by atoms with E-state index in [0.29, 0.717) is 25.7 Å². The number of nitrogens with one attached hydrogen (secondary N) is 2. The lowest BCUT2D eigenvalue weighted by molar-refractivity contribution is -0.166. The predicted octanol–water partition coefficient (Wildman–Crippen LogP) is 1.08. The van der Waals surface area contributed by atoms with Crippen LogP contribution in [0.15, 0.2) is 0 Å². The second kappa shape index (κ2) is 6.24. The Labute approximate surface area is 102 Å². The van der Waals surface area contributed by atoms with E-state index in [9.17, 15) is 18.0 Å². The van der Waals surface area contributed by atoms with Gasteiger partial charge in [-0.3, -0.25) is 0 Å². The number of carboxylic acid groups (broad SMARTS) is 1. The number of rotatable bonds is 4. The van der Waals surface area contributed by atoms with Gasteiger partial charge >= 0.3 is 12.3 Å². The van der Waals surface area contributed by atoms with Crippen LogP contribution in [0, 0.1) is 0 Å². The first kappa shape index (κ1) is 15.0. The standard InChI is InChI=1S/C10H17F3N2O3/c11-10(12,13)8(5-16)14-6-1-3-7(4-2-6)15-9(17)18/h6-8,14-16H,1-5H2,(H,17,18)/t6?,7?,8-/m1/s1. The number of aliphatic hydroxyl groups is 1. The van der Waals surface area contributed by atoms with E-state index >= 15 is 0 Å². The van der Waals surface area contributed by atoms with Gasteiger partial charge in [0.2, 0.25) is 0 Å². The fraction of sp³-hybridized carbons (Fsp3) is 0.900. The van der Waals surface area contributed by atoms with Crippen molar-refractivity contribution >= 4 is 6.09 Å². The molecule has 0 spiro atoms. The molecule has 0 bridgehead atoms. The van der Waals surface area contributed by atoms with Gasteiger partial charge in [-0.15, -0.1) is 0 Å². The van der Waals surface area contributed by atoms with Crippen molar-refractivity contribution in [2.75, 3.05) is 6.61 Å². The van der Waals surface area contributed by atoms with Gasteiger partial charge in [-0.2, -0.15) is 13.2 Å². The SMILES string of the molecule is O=C(O)NC1CCC(N[C@H](CO)C(F)(F)F)CC1. The van der Waals surface area contributed by atoms with Gasteiger partial charge in [0.25, 0.3) is 0 Å². The smallest absolute Gasteiger partial charge is 0.406 e. The Morgan fingerprint density at radius 2 is 1.72 bits per heavy atom. The van der Waals surface area contributed by atoms with Crippen molar-refractivity contribution in [2.24, 2.45) is 0 Å². The minimum Gasteiger partial charge on any atom is -0.465 e. The van der Waals surface area contributed by atoms with E-state index in [1.165, 1.54) is 0 Å². The fourth-order valence-electron chi connectivity index (χ4n) is 2.11. The molecule has 1 aliphatic carbocycles. The molecule has 0 aromatic carbocycles. The van der Waals surface area contributed by atoms with Gasteiger partial charge in [0.1, 0.15) is 6.04 Å². The maximum absolute atomic E-state index is 12.4. The number of amides is 1. The van der Waals surface area contributed by atoms with Crippen LogP contribution in [0.5, 0.6) is 0 Å². The molecule has 8 heteroatoms. The van der Waals surface area contributed by atoms with Crippen LogP contribution >= 0.6 is 0 Å². The lowest BCUT2D eigenvalue weighted by Crippen LogP contribution is -2.51. The van der Waals surface area contributed by atoms with Crippen LogP contribution < -0.4 is 10.6 Å². The molecule has 106 valence electrons. The van der Waals surface area contributed by atoms with Gasteiger partial charge in [0, 0.05) is 12.1 Å². The quantitative estimate of drug-likeness (QED) is 0.616. The maximum atomic E-state index is 12.4. The topological polar surface area (TPSA) is 81.6 Å². The van der Waals surface area contributed by atoms with Gasteiger partial charge in [0.15, 0.2) is 0 Å². The Hall–Kier alpha value is -1.02. The Kier molecular flexibility index (Phi) is 5.21. The molecule has 18 heavy (non-hydrogen) atoms. The maximum Gasteiger partial charge on any atom is 0.406 e. The van der Waals surface area contributed by atoms with Crippen LogP contribution in [0.4, 0.5) is 18.0 Å². The van der Waals surface area contributed by atoms with Crippen LogP contribution in [0.25, 0.3) is 0 Å². The van der Waals surface area contributed by atoms with Gasteiger partial charge in [0.05, 0.1) is 6.61 Å². The number of halogens is 3. The van der Waals surface area contributed by atoms with E-state index in [0.717, 1.165) is 0 Å². The summed E-state index contributed by atoms with van der Waals surface area (Å²) in [6.45, 7) is -0.989. The number of aliphatic hydroxyl groups excluding tert-OH is 1. The van der Waals surface area contributed by atoms with Crippen LogP contribution in [-0.4, -0.2) is 47.2 Å². The third-order valence-electron chi connectivity index (χ3n) is 3.07. The molecule has 1 atom stereocenters. The van der Waals surface area contributed by atoms with E-state index in [-0.39, 0.29) is 12.1 Å². The van der Waals surface area contributed by atoms with Crippen molar-refractivity contribution < 1.29 is 28.2 Å². The minimum absolute atomic E-state index is 0.195. The largest absolute Gasteiger partial charge is 0.465 e. The first-order valence-electron chi connectivity index (χ1n) is 5.76. The molecular formula is C10H17F3N2O3. The second-order valence-corrected chi connectivity index (χ2v) is 4.44. The lowest BCUT2D eigenvalue weighted by atomic mass is 9.91. The van der Waals surface area contributed by atoms with Crippen molar-refractivity contribution in [1.82, 2.24) is 10.6 Å². The zero-order valence-corrected chi connectivity index (χ0v) is 9.70. The molecule has 0 heterocycles. The van der Waals surface area contributed by atoms with Crippen molar-refractivity contribution in [3.8, 4) is 0 Å². The predicted molar refractivity (Wildman–Crippen MR) is 57.3 cm³/mol. The molecule has 0 aliphatic heterocycles. The molecule has 4 N–H and O–H groups in total. The third-order valence-corrected chi connectivity index (χ3v) is 3.07. The number of hydrogen-bond acceptors (Lipinski definition) is 3. The van der Waals surface area contributed by atoms with Crippen LogP contribution in [-0.2, 0) is 0 Å². The normalized spacial score (nSPS) is 26.7. The Morgan fingerprint density at radius 1 is 1.22 bits per heavy atom. The summed E-state index contributed by atoms with van der Waals surface area (Å²) in [5.74, 6) is 0. The highest BCUT2D eigenvalue weighted by Gasteiger charge is 2.40. The van der Waals surface area contributed by atoms with Gasteiger partial charge in [-0.1, -0.05) is 0 Å². The summed E-state index contributed by atoms with van der Waals surface area (Å²) in [7, 11) is 0. The summed E-state index contributed by atoms with van der Waals surface area (Å²) < 4.78 is 37.2. The third kappa shape index (κ3) is 4.69. The molecule has 5 nitrogen and oxygen atoms in total. The van der Waals surface area contributed by atoms with Crippen molar-refractivity contribution in [2.45, 2.75) is 50.0 Å². The average molecular weight is 270 g/mol. The Morgan fingerprint density at radius 3 is 2.11 bits per heavy atom. The van der Waals surface area contributed by atoms with E-state index in [1.807, 2.05) is 0 Å². The fourth-order valence-corrected chi connectivity index (χ4v) is 2.11. The van der Waals surface area contributed by atoms with Crippen LogP contribution in [0.1, 0.15) is 25.7 Å². The summed E-state index contributed by atoms with van der Waals surface area (Å²) in [5, 5.41) is 21.9. The summed E-state index contributed by atoms with van der Waals surface area (Å²) in [6.07, 6.45) is -3.67. The summed E-state index contributed by atoms with van der Waals surface area (Å²) >= 11 is 0. The van der Waals surface area contributed by atoms with Gasteiger partial charge in [-0.05, 0) is 25.7 Å². The molecule has 1 saturated carbocycles. The molecule has 0 aromatic heterocycles. The molecule has 0 saturated heterocycles. The zero-order valence-electron chi connectivity index (χ0n) is 9.70. The highest BCUT2D eigenvalue weighted by Crippen LogP contribution is 2.24. The highest BCUT2D eigenvalue weighted by molar-refractivity contribution is 5.64. The van der Waals surface area contributed by atoms with E-state index in [1.54, 1.807) is 0 Å². The Balaban J connectivity index is 2.37. The monoisotopic (exact) mass is 270 g/mol. The molecular weight excluding hydrogens is 253 g/mol. The van der Waals surface area contributed by atoms with E-state index < -0.39 is 24.9 Å². The number of carbonyl (C=O) groups is 1. The molecule has 0 unspecified atom stereocenters. The van der Waals surface area contributed by atoms with Crippen molar-refractivity contribution in [3.63, 3.8) is 0 Å². The van der Waals surface area contributed by atoms with E-state index in [4.69, 9.17) is 10.2 Å². The van der Waals surface area contributed by atoms with Crippen molar-refractivity contribution in [1.29, 1.82) is 0 Å². The van der Waals surface area contributed by atoms with Gasteiger partial charge < -0.3 is 20.8 Å². The first-order chi connectivity index (χ1) is 8.32.